The van der Waals surface area contributed by atoms with Crippen LogP contribution in [0.3, 0.4) is 0 Å². The van der Waals surface area contributed by atoms with Gasteiger partial charge in [-0.1, -0.05) is 340 Å². The summed E-state index contributed by atoms with van der Waals surface area (Å²) >= 11 is 0. The van der Waals surface area contributed by atoms with Crippen molar-refractivity contribution in [1.29, 1.82) is 0 Å². The molecule has 0 radical (unpaired) electrons. The first kappa shape index (κ1) is 77.3. The highest BCUT2D eigenvalue weighted by atomic mass is 16.5. The van der Waals surface area contributed by atoms with E-state index < -0.39 is 12.1 Å². The van der Waals surface area contributed by atoms with Gasteiger partial charge in [0.1, 0.15) is 0 Å². The number of nitrogens with one attached hydrogen (secondary N) is 1. The minimum absolute atomic E-state index is 0.00603. The molecule has 6 heteroatoms. The molecular formula is C73H141NO5. The quantitative estimate of drug-likeness (QED) is 0.0320. The predicted octanol–water partition coefficient (Wildman–Crippen LogP) is 23.3. The Morgan fingerprint density at radius 3 is 0.899 bits per heavy atom. The van der Waals surface area contributed by atoms with E-state index in [9.17, 15) is 19.8 Å². The van der Waals surface area contributed by atoms with Crippen molar-refractivity contribution in [3.8, 4) is 0 Å². The van der Waals surface area contributed by atoms with Gasteiger partial charge in [-0.05, 0) is 77.0 Å². The third-order valence-electron chi connectivity index (χ3n) is 17.0. The zero-order valence-electron chi connectivity index (χ0n) is 53.6. The number of hydrogen-bond acceptors (Lipinski definition) is 5. The van der Waals surface area contributed by atoms with Crippen LogP contribution in [-0.2, 0) is 14.3 Å². The summed E-state index contributed by atoms with van der Waals surface area (Å²) in [6.07, 6.45) is 86.5. The lowest BCUT2D eigenvalue weighted by Gasteiger charge is -2.22. The number of carbonyl (C=O) groups excluding carboxylic acids is 2. The van der Waals surface area contributed by atoms with Gasteiger partial charge in [0.05, 0.1) is 25.4 Å². The van der Waals surface area contributed by atoms with Crippen LogP contribution in [0.15, 0.2) is 24.3 Å². The van der Waals surface area contributed by atoms with Crippen molar-refractivity contribution >= 4 is 11.9 Å². The molecule has 0 rings (SSSR count). The van der Waals surface area contributed by atoms with Crippen LogP contribution in [0.1, 0.15) is 406 Å². The number of ether oxygens (including phenoxy) is 1. The van der Waals surface area contributed by atoms with E-state index >= 15 is 0 Å². The molecule has 0 saturated carbocycles. The van der Waals surface area contributed by atoms with Crippen LogP contribution in [0.25, 0.3) is 0 Å². The third-order valence-corrected chi connectivity index (χ3v) is 17.0. The second-order valence-corrected chi connectivity index (χ2v) is 24.9. The normalized spacial score (nSPS) is 12.6. The average Bonchev–Trinajstić information content (AvgIpc) is 3.45. The SMILES string of the molecule is CCCCCCCC/C=C\CCCCCCCCCC(=O)OCCCCCCCCCCCC/C=C\CCCCCCCCCC(=O)NC(CO)C(O)CCCCCCCCCCCCCCCCCCCCCCCCCC. The standard InChI is InChI=1S/C73H141NO5/c1-3-5-7-9-11-13-15-17-19-21-22-23-24-25-27-30-34-37-41-45-49-53-57-61-65-71(76)70(69-75)74-72(77)66-62-58-54-50-46-42-38-35-31-28-26-29-32-36-40-44-48-52-56-60-64-68-79-73(78)67-63-59-55-51-47-43-39-33-20-18-16-14-12-10-8-6-4-2/h18,20,28,31,70-71,75-76H,3-17,19,21-27,29-30,32-69H2,1-2H3,(H,74,77)/b20-18-,31-28-. The van der Waals surface area contributed by atoms with Gasteiger partial charge in [-0.2, -0.15) is 0 Å². The first-order chi connectivity index (χ1) is 39.0. The zero-order valence-corrected chi connectivity index (χ0v) is 53.6. The summed E-state index contributed by atoms with van der Waals surface area (Å²) in [7, 11) is 0. The Labute approximate surface area is 494 Å². The Morgan fingerprint density at radius 1 is 0.342 bits per heavy atom. The molecule has 0 aromatic carbocycles. The Kier molecular flexibility index (Phi) is 67.4. The molecule has 0 aliphatic rings. The molecule has 0 bridgehead atoms. The molecule has 0 aromatic heterocycles. The number of esters is 1. The van der Waals surface area contributed by atoms with Gasteiger partial charge in [0.25, 0.3) is 0 Å². The molecule has 0 aliphatic carbocycles. The van der Waals surface area contributed by atoms with Crippen molar-refractivity contribution in [3.05, 3.63) is 24.3 Å². The minimum atomic E-state index is -0.671. The molecule has 1 amide bonds. The van der Waals surface area contributed by atoms with Crippen LogP contribution in [0.5, 0.6) is 0 Å². The molecule has 6 nitrogen and oxygen atoms in total. The van der Waals surface area contributed by atoms with Crippen molar-refractivity contribution in [1.82, 2.24) is 5.32 Å². The number of rotatable bonds is 68. The van der Waals surface area contributed by atoms with Crippen LogP contribution < -0.4 is 5.32 Å². The van der Waals surface area contributed by atoms with E-state index in [1.165, 1.54) is 327 Å². The van der Waals surface area contributed by atoms with Gasteiger partial charge in [0, 0.05) is 12.8 Å². The molecule has 0 fully saturated rings. The van der Waals surface area contributed by atoms with E-state index in [1.807, 2.05) is 0 Å². The summed E-state index contributed by atoms with van der Waals surface area (Å²) in [6.45, 7) is 4.98. The van der Waals surface area contributed by atoms with Gasteiger partial charge in [0.15, 0.2) is 0 Å². The van der Waals surface area contributed by atoms with E-state index in [4.69, 9.17) is 4.74 Å². The maximum atomic E-state index is 12.6. The number of unbranched alkanes of at least 4 members (excludes halogenated alkanes) is 53. The van der Waals surface area contributed by atoms with Crippen LogP contribution in [0.4, 0.5) is 0 Å². The number of carbonyl (C=O) groups is 2. The fourth-order valence-electron chi connectivity index (χ4n) is 11.5. The molecule has 2 unspecified atom stereocenters. The Morgan fingerprint density at radius 2 is 0.595 bits per heavy atom. The van der Waals surface area contributed by atoms with Crippen molar-refractivity contribution in [2.24, 2.45) is 0 Å². The van der Waals surface area contributed by atoms with Gasteiger partial charge < -0.3 is 20.3 Å². The molecular weight excluding hydrogens is 971 g/mol. The number of hydrogen-bond donors (Lipinski definition) is 3. The van der Waals surface area contributed by atoms with Crippen LogP contribution >= 0.6 is 0 Å². The fraction of sp³-hybridized carbons (Fsp3) is 0.918. The maximum Gasteiger partial charge on any atom is 0.305 e. The molecule has 79 heavy (non-hydrogen) atoms. The van der Waals surface area contributed by atoms with Gasteiger partial charge in [-0.25, -0.2) is 0 Å². The van der Waals surface area contributed by atoms with Crippen LogP contribution in [-0.4, -0.2) is 47.4 Å². The highest BCUT2D eigenvalue weighted by Gasteiger charge is 2.20. The molecule has 468 valence electrons. The van der Waals surface area contributed by atoms with Crippen LogP contribution in [0, 0.1) is 0 Å². The summed E-state index contributed by atoms with van der Waals surface area (Å²) in [5.41, 5.74) is 0. The lowest BCUT2D eigenvalue weighted by molar-refractivity contribution is -0.143. The average molecular weight is 1110 g/mol. The van der Waals surface area contributed by atoms with Crippen molar-refractivity contribution in [2.75, 3.05) is 13.2 Å². The third kappa shape index (κ3) is 65.4. The summed E-state index contributed by atoms with van der Waals surface area (Å²) in [5, 5.41) is 23.4. The smallest absolute Gasteiger partial charge is 0.305 e. The molecule has 0 spiro atoms. The van der Waals surface area contributed by atoms with Crippen molar-refractivity contribution in [3.63, 3.8) is 0 Å². The number of allylic oxidation sites excluding steroid dienone is 4. The fourth-order valence-corrected chi connectivity index (χ4v) is 11.5. The lowest BCUT2D eigenvalue weighted by atomic mass is 10.0. The molecule has 0 saturated heterocycles. The second-order valence-electron chi connectivity index (χ2n) is 24.9. The van der Waals surface area contributed by atoms with Gasteiger partial charge in [-0.3, -0.25) is 9.59 Å². The molecule has 0 aliphatic heterocycles. The molecule has 3 N–H and O–H groups in total. The number of aliphatic hydroxyl groups excluding tert-OH is 2. The Bertz CT molecular complexity index is 1230. The number of aliphatic hydroxyl groups is 2. The van der Waals surface area contributed by atoms with Gasteiger partial charge in [0.2, 0.25) is 5.91 Å². The molecule has 0 heterocycles. The first-order valence-electron chi connectivity index (χ1n) is 36.1. The lowest BCUT2D eigenvalue weighted by Crippen LogP contribution is -2.45. The van der Waals surface area contributed by atoms with E-state index in [2.05, 4.69) is 43.5 Å². The molecule has 2 atom stereocenters. The maximum absolute atomic E-state index is 12.6. The highest BCUT2D eigenvalue weighted by Crippen LogP contribution is 2.19. The van der Waals surface area contributed by atoms with E-state index in [-0.39, 0.29) is 18.5 Å². The van der Waals surface area contributed by atoms with Gasteiger partial charge >= 0.3 is 5.97 Å². The first-order valence-corrected chi connectivity index (χ1v) is 36.1. The monoisotopic (exact) mass is 1110 g/mol. The summed E-state index contributed by atoms with van der Waals surface area (Å²) in [5.74, 6) is -0.0320. The summed E-state index contributed by atoms with van der Waals surface area (Å²) < 4.78 is 5.50. The van der Waals surface area contributed by atoms with Crippen molar-refractivity contribution < 1.29 is 24.5 Å². The largest absolute Gasteiger partial charge is 0.466 e. The minimum Gasteiger partial charge on any atom is -0.466 e. The Balaban J connectivity index is 3.41. The second kappa shape index (κ2) is 68.8. The molecule has 0 aromatic rings. The van der Waals surface area contributed by atoms with Gasteiger partial charge in [-0.15, -0.1) is 0 Å². The Hall–Kier alpha value is -1.66. The van der Waals surface area contributed by atoms with Crippen LogP contribution in [0.2, 0.25) is 0 Å². The summed E-state index contributed by atoms with van der Waals surface area (Å²) in [4.78, 5) is 24.7. The summed E-state index contributed by atoms with van der Waals surface area (Å²) in [6, 6.07) is -0.549. The highest BCUT2D eigenvalue weighted by molar-refractivity contribution is 5.76. The number of amides is 1. The van der Waals surface area contributed by atoms with Crippen molar-refractivity contribution in [2.45, 2.75) is 418 Å². The zero-order chi connectivity index (χ0) is 57.1. The van der Waals surface area contributed by atoms with E-state index in [0.29, 0.717) is 25.9 Å². The van der Waals surface area contributed by atoms with E-state index in [0.717, 1.165) is 44.9 Å². The van der Waals surface area contributed by atoms with E-state index in [1.54, 1.807) is 0 Å². The topological polar surface area (TPSA) is 95.9 Å². The predicted molar refractivity (Wildman–Crippen MR) is 347 cm³/mol.